The Hall–Kier alpha value is -1.76. The van der Waals surface area contributed by atoms with Crippen molar-refractivity contribution in [2.45, 2.75) is 45.1 Å². The maximum Gasteiger partial charge on any atom is 0.0380 e. The number of hydrogen-bond acceptors (Lipinski definition) is 1. The van der Waals surface area contributed by atoms with E-state index < -0.39 is 0 Å². The zero-order valence-corrected chi connectivity index (χ0v) is 12.6. The smallest absolute Gasteiger partial charge is 0.0380 e. The van der Waals surface area contributed by atoms with Crippen molar-refractivity contribution in [1.29, 1.82) is 0 Å². The van der Waals surface area contributed by atoms with Crippen LogP contribution >= 0.6 is 0 Å². The van der Waals surface area contributed by atoms with Crippen LogP contribution in [0.4, 0.5) is 5.69 Å². The molecule has 0 bridgehead atoms. The SMILES string of the molecule is CC(C)(C)c1ccccc1NC1Cc2ccccc2C1. The minimum absolute atomic E-state index is 0.176. The Morgan fingerprint density at radius 1 is 0.850 bits per heavy atom. The van der Waals surface area contributed by atoms with E-state index in [0.29, 0.717) is 6.04 Å². The molecule has 1 N–H and O–H groups in total. The van der Waals surface area contributed by atoms with E-state index in [-0.39, 0.29) is 5.41 Å². The van der Waals surface area contributed by atoms with Crippen molar-refractivity contribution in [3.05, 3.63) is 65.2 Å². The van der Waals surface area contributed by atoms with Gasteiger partial charge < -0.3 is 5.32 Å². The summed E-state index contributed by atoms with van der Waals surface area (Å²) in [5.74, 6) is 0. The Morgan fingerprint density at radius 2 is 1.40 bits per heavy atom. The number of benzene rings is 2. The Bertz CT molecular complexity index is 582. The van der Waals surface area contributed by atoms with Crippen LogP contribution in [0.1, 0.15) is 37.5 Å². The lowest BCUT2D eigenvalue weighted by molar-refractivity contribution is 0.590. The van der Waals surface area contributed by atoms with Crippen molar-refractivity contribution in [2.24, 2.45) is 0 Å². The molecule has 0 aromatic heterocycles. The third kappa shape index (κ3) is 2.58. The molecule has 1 nitrogen and oxygen atoms in total. The van der Waals surface area contributed by atoms with E-state index in [1.165, 1.54) is 22.4 Å². The van der Waals surface area contributed by atoms with Gasteiger partial charge in [0.2, 0.25) is 0 Å². The number of anilines is 1. The normalized spacial score (nSPS) is 15.2. The summed E-state index contributed by atoms with van der Waals surface area (Å²) in [6.45, 7) is 6.82. The molecule has 0 saturated heterocycles. The van der Waals surface area contributed by atoms with Crippen molar-refractivity contribution < 1.29 is 0 Å². The number of para-hydroxylation sites is 1. The van der Waals surface area contributed by atoms with Crippen LogP contribution in [0, 0.1) is 0 Å². The summed E-state index contributed by atoms with van der Waals surface area (Å²) in [4.78, 5) is 0. The number of rotatable bonds is 2. The molecule has 0 amide bonds. The van der Waals surface area contributed by atoms with Gasteiger partial charge in [0.05, 0.1) is 0 Å². The summed E-state index contributed by atoms with van der Waals surface area (Å²) in [5.41, 5.74) is 5.86. The molecule has 0 radical (unpaired) electrons. The largest absolute Gasteiger partial charge is 0.381 e. The predicted molar refractivity (Wildman–Crippen MR) is 86.4 cm³/mol. The molecule has 104 valence electrons. The zero-order chi connectivity index (χ0) is 14.2. The van der Waals surface area contributed by atoms with Gasteiger partial charge in [0, 0.05) is 11.7 Å². The molecule has 3 rings (SSSR count). The number of fused-ring (bicyclic) bond motifs is 1. The summed E-state index contributed by atoms with van der Waals surface area (Å²) in [7, 11) is 0. The average molecular weight is 265 g/mol. The van der Waals surface area contributed by atoms with Crippen molar-refractivity contribution >= 4 is 5.69 Å². The van der Waals surface area contributed by atoms with Crippen LogP contribution in [0.5, 0.6) is 0 Å². The zero-order valence-electron chi connectivity index (χ0n) is 12.6. The van der Waals surface area contributed by atoms with E-state index in [0.717, 1.165) is 12.8 Å². The first-order chi connectivity index (χ1) is 9.54. The monoisotopic (exact) mass is 265 g/mol. The highest BCUT2D eigenvalue weighted by Crippen LogP contribution is 2.31. The van der Waals surface area contributed by atoms with Crippen LogP contribution in [0.3, 0.4) is 0 Å². The van der Waals surface area contributed by atoms with Gasteiger partial charge in [-0.05, 0) is 41.0 Å². The first kappa shape index (κ1) is 13.2. The molecular formula is C19H23N. The average Bonchev–Trinajstić information content (AvgIpc) is 2.80. The van der Waals surface area contributed by atoms with Crippen molar-refractivity contribution in [3.8, 4) is 0 Å². The maximum absolute atomic E-state index is 3.76. The molecule has 0 saturated carbocycles. The summed E-state index contributed by atoms with van der Waals surface area (Å²) < 4.78 is 0. The summed E-state index contributed by atoms with van der Waals surface area (Å²) in [6, 6.07) is 18.0. The van der Waals surface area contributed by atoms with Gasteiger partial charge in [-0.15, -0.1) is 0 Å². The van der Waals surface area contributed by atoms with E-state index in [1.54, 1.807) is 0 Å². The highest BCUT2D eigenvalue weighted by atomic mass is 14.9. The molecule has 20 heavy (non-hydrogen) atoms. The highest BCUT2D eigenvalue weighted by Gasteiger charge is 2.23. The summed E-state index contributed by atoms with van der Waals surface area (Å²) >= 11 is 0. The fourth-order valence-corrected chi connectivity index (χ4v) is 3.14. The Labute approximate surface area is 122 Å². The van der Waals surface area contributed by atoms with Crippen LogP contribution in [0.15, 0.2) is 48.5 Å². The lowest BCUT2D eigenvalue weighted by Gasteiger charge is -2.25. The molecule has 1 heteroatoms. The third-order valence-corrected chi connectivity index (χ3v) is 4.15. The number of nitrogens with one attached hydrogen (secondary N) is 1. The van der Waals surface area contributed by atoms with Crippen LogP contribution in [0.2, 0.25) is 0 Å². The minimum Gasteiger partial charge on any atom is -0.381 e. The topological polar surface area (TPSA) is 12.0 Å². The van der Waals surface area contributed by atoms with Gasteiger partial charge in [0.1, 0.15) is 0 Å². The molecule has 2 aromatic carbocycles. The van der Waals surface area contributed by atoms with Gasteiger partial charge >= 0.3 is 0 Å². The van der Waals surface area contributed by atoms with E-state index in [9.17, 15) is 0 Å². The Balaban J connectivity index is 1.81. The number of hydrogen-bond donors (Lipinski definition) is 1. The molecule has 1 aliphatic carbocycles. The van der Waals surface area contributed by atoms with E-state index >= 15 is 0 Å². The van der Waals surface area contributed by atoms with Gasteiger partial charge in [-0.3, -0.25) is 0 Å². The molecule has 0 fully saturated rings. The summed E-state index contributed by atoms with van der Waals surface area (Å²) in [6.07, 6.45) is 2.27. The van der Waals surface area contributed by atoms with E-state index in [4.69, 9.17) is 0 Å². The Morgan fingerprint density at radius 3 is 2.00 bits per heavy atom. The maximum atomic E-state index is 3.76. The second-order valence-electron chi connectivity index (χ2n) is 6.81. The molecule has 0 aliphatic heterocycles. The first-order valence-corrected chi connectivity index (χ1v) is 7.47. The van der Waals surface area contributed by atoms with Crippen LogP contribution in [-0.2, 0) is 18.3 Å². The van der Waals surface area contributed by atoms with E-state index in [1.807, 2.05) is 0 Å². The summed E-state index contributed by atoms with van der Waals surface area (Å²) in [5, 5.41) is 3.76. The third-order valence-electron chi connectivity index (χ3n) is 4.15. The van der Waals surface area contributed by atoms with Crippen molar-refractivity contribution in [1.82, 2.24) is 0 Å². The predicted octanol–water partition coefficient (Wildman–Crippen LogP) is 4.56. The second kappa shape index (κ2) is 4.97. The molecule has 0 atom stereocenters. The lowest BCUT2D eigenvalue weighted by Crippen LogP contribution is -2.23. The molecule has 0 heterocycles. The van der Waals surface area contributed by atoms with Crippen LogP contribution < -0.4 is 5.32 Å². The second-order valence-corrected chi connectivity index (χ2v) is 6.81. The van der Waals surface area contributed by atoms with Crippen LogP contribution in [-0.4, -0.2) is 6.04 Å². The van der Waals surface area contributed by atoms with Crippen molar-refractivity contribution in [2.75, 3.05) is 5.32 Å². The van der Waals surface area contributed by atoms with Crippen molar-refractivity contribution in [3.63, 3.8) is 0 Å². The standard InChI is InChI=1S/C19H23N/c1-19(2,3)17-10-6-7-11-18(17)20-16-12-14-8-4-5-9-15(14)13-16/h4-11,16,20H,12-13H2,1-3H3. The fourth-order valence-electron chi connectivity index (χ4n) is 3.14. The van der Waals surface area contributed by atoms with Crippen LogP contribution in [0.25, 0.3) is 0 Å². The van der Waals surface area contributed by atoms with Gasteiger partial charge in [-0.25, -0.2) is 0 Å². The highest BCUT2D eigenvalue weighted by molar-refractivity contribution is 5.55. The van der Waals surface area contributed by atoms with Gasteiger partial charge in [-0.2, -0.15) is 0 Å². The van der Waals surface area contributed by atoms with E-state index in [2.05, 4.69) is 74.6 Å². The molecule has 1 aliphatic rings. The molecule has 2 aromatic rings. The molecular weight excluding hydrogens is 242 g/mol. The lowest BCUT2D eigenvalue weighted by atomic mass is 9.85. The first-order valence-electron chi connectivity index (χ1n) is 7.47. The fraction of sp³-hybridized carbons (Fsp3) is 0.368. The van der Waals surface area contributed by atoms with Gasteiger partial charge in [0.25, 0.3) is 0 Å². The van der Waals surface area contributed by atoms with Gasteiger partial charge in [0.15, 0.2) is 0 Å². The quantitative estimate of drug-likeness (QED) is 0.839. The van der Waals surface area contributed by atoms with Gasteiger partial charge in [-0.1, -0.05) is 63.2 Å². The minimum atomic E-state index is 0.176. The Kier molecular flexibility index (Phi) is 3.29. The molecule has 0 unspecified atom stereocenters. The molecule has 0 spiro atoms.